The molecule has 90 valence electrons. The fourth-order valence-electron chi connectivity index (χ4n) is 0.979. The first-order valence-corrected chi connectivity index (χ1v) is 5.05. The van der Waals surface area contributed by atoms with Crippen molar-refractivity contribution in [2.24, 2.45) is 0 Å². The molecule has 0 radical (unpaired) electrons. The molecule has 7 nitrogen and oxygen atoms in total. The van der Waals surface area contributed by atoms with Gasteiger partial charge in [0.25, 0.3) is 0 Å². The van der Waals surface area contributed by atoms with Crippen molar-refractivity contribution in [3.63, 3.8) is 0 Å². The lowest BCUT2D eigenvalue weighted by Gasteiger charge is -2.10. The monoisotopic (exact) mass is 229 g/mol. The van der Waals surface area contributed by atoms with Gasteiger partial charge in [-0.05, 0) is 19.8 Å². The minimum atomic E-state index is -1.12. The van der Waals surface area contributed by atoms with Crippen molar-refractivity contribution in [1.82, 2.24) is 16.0 Å². The number of carbonyl (C=O) groups is 3. The van der Waals surface area contributed by atoms with Gasteiger partial charge in [-0.3, -0.25) is 9.59 Å². The van der Waals surface area contributed by atoms with Crippen molar-refractivity contribution in [1.29, 1.82) is 0 Å². The number of aliphatic carboxylic acids is 1. The molecule has 7 heteroatoms. The molecule has 0 bridgehead atoms. The Kier molecular flexibility index (Phi) is 4.10. The predicted molar refractivity (Wildman–Crippen MR) is 54.8 cm³/mol. The second-order valence-corrected chi connectivity index (χ2v) is 3.73. The van der Waals surface area contributed by atoms with E-state index in [1.165, 1.54) is 6.92 Å². The zero-order chi connectivity index (χ0) is 12.1. The third-order valence-electron chi connectivity index (χ3n) is 2.07. The first-order chi connectivity index (χ1) is 7.49. The molecule has 1 rings (SSSR count). The SMILES string of the molecule is C[C@@H](NC(=O)CNC(=O)NC1CC1)C(=O)O. The normalized spacial score (nSPS) is 16.1. The number of hydrogen-bond donors (Lipinski definition) is 4. The van der Waals surface area contributed by atoms with Crippen molar-refractivity contribution < 1.29 is 19.5 Å². The van der Waals surface area contributed by atoms with Gasteiger partial charge in [-0.1, -0.05) is 0 Å². The van der Waals surface area contributed by atoms with Crippen LogP contribution in [0.3, 0.4) is 0 Å². The average molecular weight is 229 g/mol. The topological polar surface area (TPSA) is 108 Å². The predicted octanol–water partition coefficient (Wildman–Crippen LogP) is -0.963. The van der Waals surface area contributed by atoms with Gasteiger partial charge in [-0.2, -0.15) is 0 Å². The summed E-state index contributed by atoms with van der Waals surface area (Å²) < 4.78 is 0. The van der Waals surface area contributed by atoms with E-state index in [-0.39, 0.29) is 12.6 Å². The molecular weight excluding hydrogens is 214 g/mol. The van der Waals surface area contributed by atoms with Gasteiger partial charge < -0.3 is 21.1 Å². The lowest BCUT2D eigenvalue weighted by molar-refractivity contribution is -0.141. The highest BCUT2D eigenvalue weighted by Crippen LogP contribution is 2.17. The van der Waals surface area contributed by atoms with Gasteiger partial charge in [0.2, 0.25) is 5.91 Å². The molecule has 1 aliphatic carbocycles. The van der Waals surface area contributed by atoms with Gasteiger partial charge in [0.1, 0.15) is 6.04 Å². The van der Waals surface area contributed by atoms with Crippen LogP contribution in [0, 0.1) is 0 Å². The van der Waals surface area contributed by atoms with Gasteiger partial charge in [-0.15, -0.1) is 0 Å². The molecule has 1 saturated carbocycles. The van der Waals surface area contributed by atoms with Crippen LogP contribution in [-0.2, 0) is 9.59 Å². The zero-order valence-corrected chi connectivity index (χ0v) is 8.95. The number of carboxylic acid groups (broad SMARTS) is 1. The van der Waals surface area contributed by atoms with Crippen LogP contribution in [0.4, 0.5) is 4.79 Å². The molecule has 16 heavy (non-hydrogen) atoms. The van der Waals surface area contributed by atoms with E-state index < -0.39 is 23.9 Å². The Bertz CT molecular complexity index is 301. The second kappa shape index (κ2) is 5.34. The summed E-state index contributed by atoms with van der Waals surface area (Å²) in [6.07, 6.45) is 1.94. The summed E-state index contributed by atoms with van der Waals surface area (Å²) in [5.41, 5.74) is 0. The molecular formula is C9H15N3O4. The molecule has 0 heterocycles. The number of carbonyl (C=O) groups excluding carboxylic acids is 2. The maximum absolute atomic E-state index is 11.1. The van der Waals surface area contributed by atoms with E-state index in [0.717, 1.165) is 12.8 Å². The molecule has 1 fully saturated rings. The molecule has 4 N–H and O–H groups in total. The summed E-state index contributed by atoms with van der Waals surface area (Å²) in [6.45, 7) is 1.13. The van der Waals surface area contributed by atoms with E-state index in [9.17, 15) is 14.4 Å². The number of hydrogen-bond acceptors (Lipinski definition) is 3. The highest BCUT2D eigenvalue weighted by Gasteiger charge is 2.23. The molecule has 3 amide bonds. The van der Waals surface area contributed by atoms with Crippen molar-refractivity contribution >= 4 is 17.9 Å². The van der Waals surface area contributed by atoms with Crippen LogP contribution in [-0.4, -0.2) is 41.6 Å². The Labute approximate surface area is 92.6 Å². The summed E-state index contributed by atoms with van der Waals surface area (Å²) in [5, 5.41) is 15.7. The van der Waals surface area contributed by atoms with E-state index in [0.29, 0.717) is 0 Å². The van der Waals surface area contributed by atoms with Crippen molar-refractivity contribution in [3.8, 4) is 0 Å². The standard InChI is InChI=1S/C9H15N3O4/c1-5(8(14)15)11-7(13)4-10-9(16)12-6-2-3-6/h5-6H,2-4H2,1H3,(H,11,13)(H,14,15)(H2,10,12,16)/t5-/m1/s1. The molecule has 0 aromatic carbocycles. The first-order valence-electron chi connectivity index (χ1n) is 5.05. The molecule has 1 aliphatic rings. The Morgan fingerprint density at radius 1 is 1.38 bits per heavy atom. The number of rotatable bonds is 5. The third-order valence-corrected chi connectivity index (χ3v) is 2.07. The molecule has 1 atom stereocenters. The van der Waals surface area contributed by atoms with Gasteiger partial charge in [-0.25, -0.2) is 4.79 Å². The smallest absolute Gasteiger partial charge is 0.325 e. The van der Waals surface area contributed by atoms with Crippen molar-refractivity contribution in [2.75, 3.05) is 6.54 Å². The van der Waals surface area contributed by atoms with Crippen molar-refractivity contribution in [3.05, 3.63) is 0 Å². The maximum atomic E-state index is 11.1. The summed E-state index contributed by atoms with van der Waals surface area (Å²) in [7, 11) is 0. The Balaban J connectivity index is 2.13. The van der Waals surface area contributed by atoms with Gasteiger partial charge >= 0.3 is 12.0 Å². The van der Waals surface area contributed by atoms with Crippen LogP contribution in [0.25, 0.3) is 0 Å². The summed E-state index contributed by atoms with van der Waals surface area (Å²) in [4.78, 5) is 32.7. The van der Waals surface area contributed by atoms with Crippen LogP contribution in [0.1, 0.15) is 19.8 Å². The third kappa shape index (κ3) is 4.63. The van der Waals surface area contributed by atoms with E-state index in [2.05, 4.69) is 16.0 Å². The molecule has 0 spiro atoms. The molecule has 0 aromatic rings. The van der Waals surface area contributed by atoms with Crippen LogP contribution in [0.15, 0.2) is 0 Å². The molecule has 0 unspecified atom stereocenters. The van der Waals surface area contributed by atoms with Crippen LogP contribution in [0.2, 0.25) is 0 Å². The molecule has 0 aromatic heterocycles. The van der Waals surface area contributed by atoms with Gasteiger partial charge in [0, 0.05) is 6.04 Å². The lowest BCUT2D eigenvalue weighted by atomic mass is 10.3. The first kappa shape index (κ1) is 12.3. The largest absolute Gasteiger partial charge is 0.480 e. The lowest BCUT2D eigenvalue weighted by Crippen LogP contribution is -2.46. The number of amides is 3. The summed E-state index contributed by atoms with van der Waals surface area (Å²) >= 11 is 0. The van der Waals surface area contributed by atoms with E-state index in [4.69, 9.17) is 5.11 Å². The Morgan fingerprint density at radius 2 is 2.00 bits per heavy atom. The summed E-state index contributed by atoms with van der Waals surface area (Å²) in [5.74, 6) is -1.64. The number of urea groups is 1. The molecule has 0 aliphatic heterocycles. The minimum Gasteiger partial charge on any atom is -0.480 e. The van der Waals surface area contributed by atoms with Gasteiger partial charge in [0.15, 0.2) is 0 Å². The highest BCUT2D eigenvalue weighted by molar-refractivity contribution is 5.87. The minimum absolute atomic E-state index is 0.223. The Morgan fingerprint density at radius 3 is 2.50 bits per heavy atom. The van der Waals surface area contributed by atoms with Crippen LogP contribution >= 0.6 is 0 Å². The number of nitrogens with one attached hydrogen (secondary N) is 3. The van der Waals surface area contributed by atoms with Crippen LogP contribution in [0.5, 0.6) is 0 Å². The second-order valence-electron chi connectivity index (χ2n) is 3.73. The van der Waals surface area contributed by atoms with Gasteiger partial charge in [0.05, 0.1) is 6.54 Å². The summed E-state index contributed by atoms with van der Waals surface area (Å²) in [6, 6.07) is -1.14. The fourth-order valence-corrected chi connectivity index (χ4v) is 0.979. The number of carboxylic acids is 1. The van der Waals surface area contributed by atoms with E-state index >= 15 is 0 Å². The Hall–Kier alpha value is -1.79. The maximum Gasteiger partial charge on any atom is 0.325 e. The fraction of sp³-hybridized carbons (Fsp3) is 0.667. The zero-order valence-electron chi connectivity index (χ0n) is 8.95. The quantitative estimate of drug-likeness (QED) is 0.487. The van der Waals surface area contributed by atoms with E-state index in [1.807, 2.05) is 0 Å². The molecule has 0 saturated heterocycles. The van der Waals surface area contributed by atoms with Crippen LogP contribution < -0.4 is 16.0 Å². The van der Waals surface area contributed by atoms with Crippen molar-refractivity contribution in [2.45, 2.75) is 31.8 Å². The highest BCUT2D eigenvalue weighted by atomic mass is 16.4. The average Bonchev–Trinajstić information content (AvgIpc) is 2.98. The van der Waals surface area contributed by atoms with E-state index in [1.54, 1.807) is 0 Å².